The van der Waals surface area contributed by atoms with E-state index in [0.29, 0.717) is 6.10 Å². The zero-order valence-corrected chi connectivity index (χ0v) is 17.0. The van der Waals surface area contributed by atoms with E-state index < -0.39 is 16.6 Å². The van der Waals surface area contributed by atoms with Gasteiger partial charge in [-0.1, -0.05) is 11.6 Å². The molecule has 20 heavy (non-hydrogen) atoms. The minimum Gasteiger partial charge on any atom is -0.418 e. The Morgan fingerprint density at radius 2 is 1.65 bits per heavy atom. The van der Waals surface area contributed by atoms with Crippen molar-refractivity contribution < 1.29 is 8.85 Å². The molecule has 4 heteroatoms. The van der Waals surface area contributed by atoms with Gasteiger partial charge in [-0.3, -0.25) is 0 Å². The van der Waals surface area contributed by atoms with Crippen LogP contribution in [-0.4, -0.2) is 29.3 Å². The van der Waals surface area contributed by atoms with Crippen LogP contribution in [0, 0.1) is 0 Å². The summed E-state index contributed by atoms with van der Waals surface area (Å²) in [6, 6.07) is 0. The summed E-state index contributed by atoms with van der Waals surface area (Å²) in [4.78, 5) is 0. The molecule has 120 valence electrons. The van der Waals surface area contributed by atoms with Gasteiger partial charge in [0.1, 0.15) is 0 Å². The minimum atomic E-state index is -1.37. The Morgan fingerprint density at radius 1 is 1.05 bits per heavy atom. The number of allylic oxidation sites excluding steroid dienone is 2. The molecule has 0 saturated carbocycles. The second-order valence-electron chi connectivity index (χ2n) is 7.73. The van der Waals surface area contributed by atoms with Crippen molar-refractivity contribution in [3.8, 4) is 0 Å². The number of rotatable bonds is 10. The molecule has 0 aromatic heterocycles. The first-order chi connectivity index (χ1) is 8.99. The van der Waals surface area contributed by atoms with Crippen molar-refractivity contribution in [2.24, 2.45) is 0 Å². The Bertz CT molecular complexity index is 288. The molecule has 0 rings (SSSR count). The maximum absolute atomic E-state index is 6.05. The predicted molar refractivity (Wildman–Crippen MR) is 95.4 cm³/mol. The lowest BCUT2D eigenvalue weighted by atomic mass is 10.1. The van der Waals surface area contributed by atoms with Gasteiger partial charge in [0.15, 0.2) is 16.6 Å². The Balaban J connectivity index is 3.75. The summed E-state index contributed by atoms with van der Waals surface area (Å²) in [6.45, 7) is 18.8. The average molecular weight is 317 g/mol. The van der Waals surface area contributed by atoms with Gasteiger partial charge in [-0.05, 0) is 78.8 Å². The minimum absolute atomic E-state index is 0.390. The first-order valence-electron chi connectivity index (χ1n) is 7.97. The summed E-state index contributed by atoms with van der Waals surface area (Å²) in [6.07, 6.45) is 7.33. The van der Waals surface area contributed by atoms with Crippen LogP contribution in [0.15, 0.2) is 11.6 Å². The van der Waals surface area contributed by atoms with Crippen LogP contribution in [-0.2, 0) is 8.85 Å². The molecule has 0 aromatic rings. The third-order valence-electron chi connectivity index (χ3n) is 2.87. The van der Waals surface area contributed by atoms with E-state index in [1.54, 1.807) is 0 Å². The first-order valence-corrected chi connectivity index (χ1v) is 14.8. The van der Waals surface area contributed by atoms with E-state index in [-0.39, 0.29) is 0 Å². The van der Waals surface area contributed by atoms with Crippen LogP contribution < -0.4 is 0 Å². The van der Waals surface area contributed by atoms with Gasteiger partial charge in [0.2, 0.25) is 0 Å². The molecule has 0 radical (unpaired) electrons. The molecule has 0 aliphatic rings. The summed E-state index contributed by atoms with van der Waals surface area (Å²) >= 11 is 0. The third-order valence-corrected chi connectivity index (χ3v) is 5.05. The van der Waals surface area contributed by atoms with Crippen molar-refractivity contribution in [3.05, 3.63) is 11.6 Å². The highest BCUT2D eigenvalue weighted by atomic mass is 28.4. The molecule has 0 aromatic carbocycles. The van der Waals surface area contributed by atoms with Crippen LogP contribution in [0.4, 0.5) is 0 Å². The van der Waals surface area contributed by atoms with Crippen LogP contribution in [0.1, 0.15) is 39.5 Å². The maximum Gasteiger partial charge on any atom is 0.184 e. The lowest BCUT2D eigenvalue weighted by Gasteiger charge is -2.23. The van der Waals surface area contributed by atoms with Gasteiger partial charge < -0.3 is 8.85 Å². The summed E-state index contributed by atoms with van der Waals surface area (Å²) in [5.41, 5.74) is 1.49. The summed E-state index contributed by atoms with van der Waals surface area (Å²) in [5.74, 6) is 0. The van der Waals surface area contributed by atoms with E-state index in [1.165, 1.54) is 5.57 Å². The molecule has 2 nitrogen and oxygen atoms in total. The smallest absolute Gasteiger partial charge is 0.184 e. The van der Waals surface area contributed by atoms with Gasteiger partial charge in [0.25, 0.3) is 0 Å². The van der Waals surface area contributed by atoms with Crippen LogP contribution in [0.5, 0.6) is 0 Å². The van der Waals surface area contributed by atoms with E-state index in [9.17, 15) is 0 Å². The van der Waals surface area contributed by atoms with Crippen molar-refractivity contribution in [1.82, 2.24) is 0 Å². The van der Waals surface area contributed by atoms with Crippen LogP contribution >= 0.6 is 0 Å². The van der Waals surface area contributed by atoms with Gasteiger partial charge in [0.05, 0.1) is 0 Å². The van der Waals surface area contributed by atoms with Gasteiger partial charge in [0, 0.05) is 12.7 Å². The van der Waals surface area contributed by atoms with Crippen molar-refractivity contribution in [1.29, 1.82) is 0 Å². The van der Waals surface area contributed by atoms with Crippen LogP contribution in [0.3, 0.4) is 0 Å². The maximum atomic E-state index is 6.05. The van der Waals surface area contributed by atoms with E-state index in [1.807, 2.05) is 0 Å². The normalized spacial score (nSPS) is 15.5. The predicted octanol–water partition coefficient (Wildman–Crippen LogP) is 5.58. The molecular formula is C16H36O2Si2. The highest BCUT2D eigenvalue weighted by Crippen LogP contribution is 2.14. The topological polar surface area (TPSA) is 18.5 Å². The zero-order chi connectivity index (χ0) is 15.8. The Hall–Kier alpha value is 0.0938. The number of hydrogen-bond donors (Lipinski definition) is 0. The quantitative estimate of drug-likeness (QED) is 0.297. The molecule has 0 amide bonds. The van der Waals surface area contributed by atoms with Crippen molar-refractivity contribution >= 4 is 16.6 Å². The summed E-state index contributed by atoms with van der Waals surface area (Å²) < 4.78 is 11.9. The van der Waals surface area contributed by atoms with Gasteiger partial charge in [-0.25, -0.2) is 0 Å². The second kappa shape index (κ2) is 9.18. The van der Waals surface area contributed by atoms with E-state index >= 15 is 0 Å². The van der Waals surface area contributed by atoms with Crippen LogP contribution in [0.2, 0.25) is 39.3 Å². The fourth-order valence-corrected chi connectivity index (χ4v) is 4.14. The van der Waals surface area contributed by atoms with Gasteiger partial charge >= 0.3 is 0 Å². The standard InChI is InChI=1S/C16H36O2Si2/c1-15(12-10-14-17-19(3,4)5)11-9-13-16(2)18-20(6,7)8/h11,16H,9-10,12-14H2,1-8H3/b15-11+. The molecule has 0 fully saturated rings. The lowest BCUT2D eigenvalue weighted by Crippen LogP contribution is -2.30. The SMILES string of the molecule is C/C(=C\CCC(C)O[Si](C)(C)C)CCCO[Si](C)(C)C. The van der Waals surface area contributed by atoms with E-state index in [4.69, 9.17) is 8.85 Å². The Kier molecular flexibility index (Phi) is 9.22. The van der Waals surface area contributed by atoms with E-state index in [0.717, 1.165) is 32.3 Å². The van der Waals surface area contributed by atoms with Crippen molar-refractivity contribution in [2.75, 3.05) is 6.61 Å². The molecule has 0 aliphatic carbocycles. The molecule has 0 bridgehead atoms. The summed E-state index contributed by atoms with van der Waals surface area (Å²) in [5, 5.41) is 0. The highest BCUT2D eigenvalue weighted by Gasteiger charge is 2.17. The molecule has 0 spiro atoms. The van der Waals surface area contributed by atoms with Gasteiger partial charge in [-0.15, -0.1) is 0 Å². The zero-order valence-electron chi connectivity index (χ0n) is 15.0. The highest BCUT2D eigenvalue weighted by molar-refractivity contribution is 6.70. The van der Waals surface area contributed by atoms with Gasteiger partial charge in [-0.2, -0.15) is 0 Å². The molecule has 1 atom stereocenters. The largest absolute Gasteiger partial charge is 0.418 e. The molecule has 0 saturated heterocycles. The molecule has 0 N–H and O–H groups in total. The van der Waals surface area contributed by atoms with Crippen molar-refractivity contribution in [2.45, 2.75) is 84.9 Å². The molecular weight excluding hydrogens is 280 g/mol. The fourth-order valence-electron chi connectivity index (χ4n) is 2.06. The van der Waals surface area contributed by atoms with Crippen molar-refractivity contribution in [3.63, 3.8) is 0 Å². The second-order valence-corrected chi connectivity index (χ2v) is 16.7. The lowest BCUT2D eigenvalue weighted by molar-refractivity contribution is 0.205. The molecule has 1 unspecified atom stereocenters. The Labute approximate surface area is 129 Å². The monoisotopic (exact) mass is 316 g/mol. The third kappa shape index (κ3) is 14.5. The first kappa shape index (κ1) is 20.1. The van der Waals surface area contributed by atoms with E-state index in [2.05, 4.69) is 59.2 Å². The molecule has 0 heterocycles. The average Bonchev–Trinajstić information content (AvgIpc) is 2.20. The Morgan fingerprint density at radius 3 is 2.15 bits per heavy atom. The summed E-state index contributed by atoms with van der Waals surface area (Å²) in [7, 11) is -2.70. The number of hydrogen-bond acceptors (Lipinski definition) is 2. The van der Waals surface area contributed by atoms with Crippen LogP contribution in [0.25, 0.3) is 0 Å². The fraction of sp³-hybridized carbons (Fsp3) is 0.875. The molecule has 0 aliphatic heterocycles.